The molecule has 0 atom stereocenters. The van der Waals surface area contributed by atoms with Gasteiger partial charge >= 0.3 is 0 Å². The van der Waals surface area contributed by atoms with E-state index in [1.165, 1.54) is 11.3 Å². The summed E-state index contributed by atoms with van der Waals surface area (Å²) in [6.45, 7) is 3.96. The van der Waals surface area contributed by atoms with E-state index >= 15 is 0 Å². The average molecular weight is 346 g/mol. The third-order valence-electron chi connectivity index (χ3n) is 3.85. The second-order valence-electron chi connectivity index (χ2n) is 5.68. The Balaban J connectivity index is 1.71. The van der Waals surface area contributed by atoms with Crippen LogP contribution in [0.1, 0.15) is 16.3 Å². The van der Waals surface area contributed by atoms with E-state index in [1.54, 1.807) is 6.20 Å². The summed E-state index contributed by atoms with van der Waals surface area (Å²) in [6.07, 6.45) is 1.65. The maximum Gasteiger partial charge on any atom is 0.161 e. The lowest BCUT2D eigenvalue weighted by molar-refractivity contribution is 1.09. The number of fused-ring (bicyclic) bond motifs is 2. The molecular weight excluding hydrogens is 332 g/mol. The van der Waals surface area contributed by atoms with E-state index in [-0.39, 0.29) is 0 Å². The Hall–Kier alpha value is -3.24. The maximum atomic E-state index is 9.51. The fourth-order valence-electron chi connectivity index (χ4n) is 2.76. The number of aryl methyl sites for hydroxylation is 2. The number of pyridine rings is 1. The highest BCUT2D eigenvalue weighted by atomic mass is 32.1. The largest absolute Gasteiger partial charge is 0.343 e. The van der Waals surface area contributed by atoms with Crippen LogP contribution in [0, 0.1) is 25.2 Å². The van der Waals surface area contributed by atoms with Gasteiger partial charge in [0.1, 0.15) is 16.6 Å². The van der Waals surface area contributed by atoms with E-state index in [1.807, 2.05) is 44.2 Å². The average Bonchev–Trinajstić information content (AvgIpc) is 3.19. The smallest absolute Gasteiger partial charge is 0.161 e. The first-order chi connectivity index (χ1) is 12.2. The number of thiazole rings is 1. The van der Waals surface area contributed by atoms with Crippen LogP contribution in [0.2, 0.25) is 0 Å². The molecule has 4 rings (SSSR count). The molecular formula is C18H14N6S. The minimum atomic E-state index is 0.468. The molecule has 7 heteroatoms. The zero-order valence-corrected chi connectivity index (χ0v) is 14.5. The van der Waals surface area contributed by atoms with Gasteiger partial charge in [-0.1, -0.05) is 12.1 Å². The zero-order valence-electron chi connectivity index (χ0n) is 13.7. The second-order valence-corrected chi connectivity index (χ2v) is 6.71. The monoisotopic (exact) mass is 346 g/mol. The van der Waals surface area contributed by atoms with Gasteiger partial charge in [-0.3, -0.25) is 5.10 Å². The molecule has 0 radical (unpaired) electrons. The van der Waals surface area contributed by atoms with Gasteiger partial charge in [0.25, 0.3) is 0 Å². The highest BCUT2D eigenvalue weighted by Crippen LogP contribution is 2.28. The minimum absolute atomic E-state index is 0.468. The number of H-pyrrole nitrogens is 1. The molecule has 3 heterocycles. The van der Waals surface area contributed by atoms with E-state index in [9.17, 15) is 5.26 Å². The molecule has 0 aliphatic heterocycles. The molecule has 2 N–H and O–H groups in total. The normalized spacial score (nSPS) is 11.8. The molecule has 0 aliphatic rings. The summed E-state index contributed by atoms with van der Waals surface area (Å²) in [4.78, 5) is 8.96. The standard InChI is InChI=1S/C18H14N6S/c1-10-7-11(2)21-17-15(10)16(23-24-17)20-9-12(8-19)18-22-13-5-3-4-6-14(13)25-18/h3-7,9H,1-2H3,(H2,20,21,23,24)/b12-9+. The van der Waals surface area contributed by atoms with Gasteiger partial charge < -0.3 is 5.32 Å². The number of nitrogens with zero attached hydrogens (tertiary/aromatic N) is 4. The molecule has 25 heavy (non-hydrogen) atoms. The number of nitrogens with one attached hydrogen (secondary N) is 2. The Morgan fingerprint density at radius 1 is 1.28 bits per heavy atom. The third kappa shape index (κ3) is 2.73. The van der Waals surface area contributed by atoms with Crippen molar-refractivity contribution in [2.24, 2.45) is 0 Å². The predicted octanol–water partition coefficient (Wildman–Crippen LogP) is 4.16. The van der Waals surface area contributed by atoms with Crippen molar-refractivity contribution >= 4 is 44.0 Å². The topological polar surface area (TPSA) is 90.3 Å². The van der Waals surface area contributed by atoms with Crippen molar-refractivity contribution in [3.8, 4) is 6.07 Å². The number of hydrogen-bond donors (Lipinski definition) is 2. The summed E-state index contributed by atoms with van der Waals surface area (Å²) in [5, 5.41) is 21.4. The van der Waals surface area contributed by atoms with E-state index in [2.05, 4.69) is 31.6 Å². The number of nitriles is 1. The van der Waals surface area contributed by atoms with Crippen molar-refractivity contribution in [1.29, 1.82) is 5.26 Å². The van der Waals surface area contributed by atoms with Crippen LogP contribution in [0.4, 0.5) is 5.82 Å². The molecule has 1 aromatic carbocycles. The second kappa shape index (κ2) is 6.00. The van der Waals surface area contributed by atoms with Gasteiger partial charge in [-0.05, 0) is 37.6 Å². The molecule has 0 bridgehead atoms. The predicted molar refractivity (Wildman–Crippen MR) is 100 cm³/mol. The Morgan fingerprint density at radius 2 is 2.12 bits per heavy atom. The van der Waals surface area contributed by atoms with Gasteiger partial charge in [0.15, 0.2) is 11.5 Å². The molecule has 0 fully saturated rings. The lowest BCUT2D eigenvalue weighted by Gasteiger charge is -2.01. The van der Waals surface area contributed by atoms with Gasteiger partial charge in [-0.2, -0.15) is 10.4 Å². The number of aromatic nitrogens is 4. The number of aromatic amines is 1. The quantitative estimate of drug-likeness (QED) is 0.544. The van der Waals surface area contributed by atoms with E-state index in [0.717, 1.165) is 32.5 Å². The Labute approximate surface area is 147 Å². The van der Waals surface area contributed by atoms with Crippen LogP contribution in [0.25, 0.3) is 26.8 Å². The number of benzene rings is 1. The number of anilines is 1. The van der Waals surface area contributed by atoms with E-state index in [0.29, 0.717) is 16.4 Å². The summed E-state index contributed by atoms with van der Waals surface area (Å²) >= 11 is 1.49. The molecule has 0 aliphatic carbocycles. The van der Waals surface area contributed by atoms with Crippen LogP contribution < -0.4 is 5.32 Å². The number of para-hydroxylation sites is 1. The molecule has 122 valence electrons. The Bertz CT molecular complexity index is 1130. The summed E-state index contributed by atoms with van der Waals surface area (Å²) in [6, 6.07) is 12.1. The number of rotatable bonds is 3. The van der Waals surface area contributed by atoms with Crippen LogP contribution in [-0.4, -0.2) is 20.2 Å². The summed E-state index contributed by atoms with van der Waals surface area (Å²) in [5.41, 5.74) is 4.10. The van der Waals surface area contributed by atoms with Crippen molar-refractivity contribution in [2.75, 3.05) is 5.32 Å². The van der Waals surface area contributed by atoms with Gasteiger partial charge in [0, 0.05) is 11.9 Å². The van der Waals surface area contributed by atoms with Gasteiger partial charge in [-0.15, -0.1) is 11.3 Å². The van der Waals surface area contributed by atoms with E-state index < -0.39 is 0 Å². The van der Waals surface area contributed by atoms with Gasteiger partial charge in [-0.25, -0.2) is 9.97 Å². The molecule has 0 unspecified atom stereocenters. The van der Waals surface area contributed by atoms with Crippen LogP contribution in [-0.2, 0) is 0 Å². The highest BCUT2D eigenvalue weighted by molar-refractivity contribution is 7.19. The Morgan fingerprint density at radius 3 is 2.92 bits per heavy atom. The van der Waals surface area contributed by atoms with Crippen molar-refractivity contribution in [3.05, 3.63) is 52.8 Å². The zero-order chi connectivity index (χ0) is 17.4. The van der Waals surface area contributed by atoms with E-state index in [4.69, 9.17) is 0 Å². The lowest BCUT2D eigenvalue weighted by atomic mass is 10.2. The van der Waals surface area contributed by atoms with Crippen molar-refractivity contribution in [1.82, 2.24) is 20.2 Å². The van der Waals surface area contributed by atoms with Crippen LogP contribution in [0.15, 0.2) is 36.5 Å². The highest BCUT2D eigenvalue weighted by Gasteiger charge is 2.11. The van der Waals surface area contributed by atoms with Crippen molar-refractivity contribution in [3.63, 3.8) is 0 Å². The fraction of sp³-hybridized carbons (Fsp3) is 0.111. The first kappa shape index (κ1) is 15.3. The third-order valence-corrected chi connectivity index (χ3v) is 4.92. The molecule has 3 aromatic heterocycles. The SMILES string of the molecule is Cc1cc(C)c2c(N/C=C(\C#N)c3nc4ccccc4s3)n[nH]c2n1. The van der Waals surface area contributed by atoms with Crippen LogP contribution in [0.5, 0.6) is 0 Å². The molecule has 6 nitrogen and oxygen atoms in total. The minimum Gasteiger partial charge on any atom is -0.343 e. The lowest BCUT2D eigenvalue weighted by Crippen LogP contribution is -1.93. The van der Waals surface area contributed by atoms with Crippen molar-refractivity contribution < 1.29 is 0 Å². The summed E-state index contributed by atoms with van der Waals surface area (Å²) < 4.78 is 1.05. The summed E-state index contributed by atoms with van der Waals surface area (Å²) in [7, 11) is 0. The van der Waals surface area contributed by atoms with Gasteiger partial charge in [0.2, 0.25) is 0 Å². The summed E-state index contributed by atoms with van der Waals surface area (Å²) in [5.74, 6) is 0.647. The molecule has 0 saturated carbocycles. The maximum absolute atomic E-state index is 9.51. The Kier molecular flexibility index (Phi) is 3.67. The molecule has 0 amide bonds. The van der Waals surface area contributed by atoms with Crippen molar-refractivity contribution in [2.45, 2.75) is 13.8 Å². The first-order valence-corrected chi connectivity index (χ1v) is 8.52. The van der Waals surface area contributed by atoms with Gasteiger partial charge in [0.05, 0.1) is 15.6 Å². The fourth-order valence-corrected chi connectivity index (χ4v) is 3.69. The molecule has 0 saturated heterocycles. The molecule has 0 spiro atoms. The first-order valence-electron chi connectivity index (χ1n) is 7.71. The number of hydrogen-bond acceptors (Lipinski definition) is 6. The van der Waals surface area contributed by atoms with Crippen LogP contribution in [0.3, 0.4) is 0 Å². The number of allylic oxidation sites excluding steroid dienone is 1. The molecule has 4 aromatic rings. The van der Waals surface area contributed by atoms with Crippen LogP contribution >= 0.6 is 11.3 Å².